The number of hydrogen-bond donors (Lipinski definition) is 0. The van der Waals surface area contributed by atoms with Crippen molar-refractivity contribution < 1.29 is 14.4 Å². The highest BCUT2D eigenvalue weighted by atomic mass is 35.5. The molecule has 22 heavy (non-hydrogen) atoms. The molecule has 1 fully saturated rings. The molecule has 0 spiro atoms. The zero-order chi connectivity index (χ0) is 16.1. The Bertz CT molecular complexity index is 556. The molecular weight excluding hydrogens is 327 g/mol. The van der Waals surface area contributed by atoms with Crippen LogP contribution < -0.4 is 0 Å². The minimum atomic E-state index is -0.103. The lowest BCUT2D eigenvalue weighted by Crippen LogP contribution is -2.49. The van der Waals surface area contributed by atoms with Crippen LogP contribution in [0.1, 0.15) is 19.4 Å². The van der Waals surface area contributed by atoms with E-state index >= 15 is 0 Å². The fourth-order valence-corrected chi connectivity index (χ4v) is 2.56. The van der Waals surface area contributed by atoms with Gasteiger partial charge in [-0.25, -0.2) is 0 Å². The lowest BCUT2D eigenvalue weighted by molar-refractivity contribution is -0.147. The quantitative estimate of drug-likeness (QED) is 0.623. The number of ether oxygens (including phenoxy) is 1. The molecule has 1 aliphatic heterocycles. The monoisotopic (exact) mass is 344 g/mol. The minimum absolute atomic E-state index is 0.0346. The summed E-state index contributed by atoms with van der Waals surface area (Å²) in [7, 11) is 0. The number of oxime groups is 1. The normalized spacial score (nSPS) is 22.1. The third-order valence-corrected chi connectivity index (χ3v) is 3.92. The van der Waals surface area contributed by atoms with Gasteiger partial charge in [-0.05, 0) is 31.5 Å². The summed E-state index contributed by atoms with van der Waals surface area (Å²) in [6.45, 7) is 4.93. The van der Waals surface area contributed by atoms with Gasteiger partial charge in [-0.15, -0.1) is 0 Å². The Labute approximate surface area is 139 Å². The predicted octanol–water partition coefficient (Wildman–Crippen LogP) is 2.98. The highest BCUT2D eigenvalue weighted by Crippen LogP contribution is 2.21. The predicted molar refractivity (Wildman–Crippen MR) is 86.6 cm³/mol. The molecule has 2 unspecified atom stereocenters. The van der Waals surface area contributed by atoms with Gasteiger partial charge in [0.05, 0.1) is 28.5 Å². The third kappa shape index (κ3) is 4.87. The first kappa shape index (κ1) is 17.1. The Kier molecular flexibility index (Phi) is 6.06. The lowest BCUT2D eigenvalue weighted by Gasteiger charge is -2.34. The van der Waals surface area contributed by atoms with E-state index in [0.29, 0.717) is 23.1 Å². The van der Waals surface area contributed by atoms with Crippen LogP contribution in [0.15, 0.2) is 23.4 Å². The van der Waals surface area contributed by atoms with Crippen LogP contribution in [-0.2, 0) is 14.4 Å². The number of nitrogens with zero attached hydrogens (tertiary/aromatic N) is 2. The van der Waals surface area contributed by atoms with Crippen LogP contribution >= 0.6 is 23.2 Å². The van der Waals surface area contributed by atoms with Crippen molar-refractivity contribution in [2.45, 2.75) is 26.1 Å². The molecule has 120 valence electrons. The van der Waals surface area contributed by atoms with Gasteiger partial charge >= 0.3 is 0 Å². The van der Waals surface area contributed by atoms with Crippen molar-refractivity contribution in [3.8, 4) is 0 Å². The standard InChI is InChI=1S/C15H18Cl2N2O3/c1-10-7-19(8-11(2)22-10)15(20)9-21-18-6-12-3-4-13(16)14(17)5-12/h3-6,10-11H,7-9H2,1-2H3. The van der Waals surface area contributed by atoms with E-state index in [1.54, 1.807) is 23.1 Å². The maximum atomic E-state index is 12.0. The first-order chi connectivity index (χ1) is 10.5. The molecule has 5 nitrogen and oxygen atoms in total. The highest BCUT2D eigenvalue weighted by Gasteiger charge is 2.25. The average molecular weight is 345 g/mol. The molecule has 0 N–H and O–H groups in total. The van der Waals surface area contributed by atoms with Gasteiger partial charge in [-0.1, -0.05) is 34.4 Å². The fourth-order valence-electron chi connectivity index (χ4n) is 2.26. The Morgan fingerprint density at radius 3 is 2.68 bits per heavy atom. The van der Waals surface area contributed by atoms with E-state index < -0.39 is 0 Å². The Hall–Kier alpha value is -1.30. The molecule has 0 aliphatic carbocycles. The third-order valence-electron chi connectivity index (χ3n) is 3.18. The summed E-state index contributed by atoms with van der Waals surface area (Å²) in [5.41, 5.74) is 0.746. The van der Waals surface area contributed by atoms with Gasteiger partial charge in [0, 0.05) is 13.1 Å². The number of morpholine rings is 1. The molecule has 1 heterocycles. The van der Waals surface area contributed by atoms with Crippen LogP contribution in [0.2, 0.25) is 10.0 Å². The molecule has 2 atom stereocenters. The molecule has 1 saturated heterocycles. The van der Waals surface area contributed by atoms with E-state index in [9.17, 15) is 4.79 Å². The van der Waals surface area contributed by atoms with E-state index in [2.05, 4.69) is 5.16 Å². The summed E-state index contributed by atoms with van der Waals surface area (Å²) in [5.74, 6) is -0.103. The van der Waals surface area contributed by atoms with Crippen LogP contribution in [0.25, 0.3) is 0 Å². The number of benzene rings is 1. The maximum Gasteiger partial charge on any atom is 0.263 e. The molecule has 0 saturated carbocycles. The minimum Gasteiger partial charge on any atom is -0.386 e. The van der Waals surface area contributed by atoms with Crippen LogP contribution in [0, 0.1) is 0 Å². The van der Waals surface area contributed by atoms with E-state index in [1.165, 1.54) is 6.21 Å². The van der Waals surface area contributed by atoms with Crippen molar-refractivity contribution in [1.29, 1.82) is 0 Å². The molecule has 1 aliphatic rings. The van der Waals surface area contributed by atoms with Crippen LogP contribution in [-0.4, -0.2) is 48.9 Å². The summed E-state index contributed by atoms with van der Waals surface area (Å²) in [5, 5.41) is 4.70. The molecule has 7 heteroatoms. The molecule has 0 bridgehead atoms. The highest BCUT2D eigenvalue weighted by molar-refractivity contribution is 6.42. The van der Waals surface area contributed by atoms with Crippen LogP contribution in [0.5, 0.6) is 0 Å². The van der Waals surface area contributed by atoms with Gasteiger partial charge in [0.1, 0.15) is 0 Å². The molecule has 0 aromatic heterocycles. The fraction of sp³-hybridized carbons (Fsp3) is 0.467. The van der Waals surface area contributed by atoms with Gasteiger partial charge in [0.25, 0.3) is 5.91 Å². The second-order valence-corrected chi connectivity index (χ2v) is 6.05. The van der Waals surface area contributed by atoms with E-state index in [4.69, 9.17) is 32.8 Å². The lowest BCUT2D eigenvalue weighted by atomic mass is 10.2. The zero-order valence-electron chi connectivity index (χ0n) is 12.5. The van der Waals surface area contributed by atoms with Crippen molar-refractivity contribution in [3.63, 3.8) is 0 Å². The number of rotatable bonds is 4. The van der Waals surface area contributed by atoms with E-state index in [0.717, 1.165) is 5.56 Å². The summed E-state index contributed by atoms with van der Waals surface area (Å²) in [6, 6.07) is 5.10. The first-order valence-electron chi connectivity index (χ1n) is 6.99. The molecule has 0 radical (unpaired) electrons. The molecular formula is C15H18Cl2N2O3. The van der Waals surface area contributed by atoms with Gasteiger partial charge in [-0.2, -0.15) is 0 Å². The van der Waals surface area contributed by atoms with Crippen molar-refractivity contribution in [1.82, 2.24) is 4.90 Å². The van der Waals surface area contributed by atoms with Crippen molar-refractivity contribution >= 4 is 35.3 Å². The number of amides is 1. The van der Waals surface area contributed by atoms with Crippen molar-refractivity contribution in [3.05, 3.63) is 33.8 Å². The van der Waals surface area contributed by atoms with Crippen LogP contribution in [0.4, 0.5) is 0 Å². The van der Waals surface area contributed by atoms with E-state index in [1.807, 2.05) is 13.8 Å². The second-order valence-electron chi connectivity index (χ2n) is 5.24. The SMILES string of the molecule is CC1CN(C(=O)CON=Cc2ccc(Cl)c(Cl)c2)CC(C)O1. The number of hydrogen-bond acceptors (Lipinski definition) is 4. The van der Waals surface area contributed by atoms with Crippen LogP contribution in [0.3, 0.4) is 0 Å². The van der Waals surface area contributed by atoms with Gasteiger partial charge in [0.15, 0.2) is 6.61 Å². The molecule has 1 aromatic rings. The van der Waals surface area contributed by atoms with Gasteiger partial charge in [-0.3, -0.25) is 4.79 Å². The molecule has 1 aromatic carbocycles. The Morgan fingerprint density at radius 1 is 1.36 bits per heavy atom. The second kappa shape index (κ2) is 7.81. The summed E-state index contributed by atoms with van der Waals surface area (Å²) in [4.78, 5) is 18.8. The largest absolute Gasteiger partial charge is 0.386 e. The number of carbonyl (C=O) groups excluding carboxylic acids is 1. The smallest absolute Gasteiger partial charge is 0.263 e. The molecule has 1 amide bonds. The Balaban J connectivity index is 1.81. The average Bonchev–Trinajstić information content (AvgIpc) is 2.46. The summed E-state index contributed by atoms with van der Waals surface area (Å²) >= 11 is 11.7. The number of halogens is 2. The first-order valence-corrected chi connectivity index (χ1v) is 7.75. The van der Waals surface area contributed by atoms with Crippen molar-refractivity contribution in [2.75, 3.05) is 19.7 Å². The summed E-state index contributed by atoms with van der Waals surface area (Å²) in [6.07, 6.45) is 1.56. The van der Waals surface area contributed by atoms with Crippen molar-refractivity contribution in [2.24, 2.45) is 5.16 Å². The number of carbonyl (C=O) groups is 1. The topological polar surface area (TPSA) is 51.1 Å². The Morgan fingerprint density at radius 2 is 2.05 bits per heavy atom. The zero-order valence-corrected chi connectivity index (χ0v) is 14.0. The van der Waals surface area contributed by atoms with E-state index in [-0.39, 0.29) is 24.7 Å². The van der Waals surface area contributed by atoms with Gasteiger partial charge < -0.3 is 14.5 Å². The van der Waals surface area contributed by atoms with Gasteiger partial charge in [0.2, 0.25) is 0 Å². The summed E-state index contributed by atoms with van der Waals surface area (Å²) < 4.78 is 5.58. The maximum absolute atomic E-state index is 12.0. The molecule has 2 rings (SSSR count).